The molecule has 3 rings (SSSR count). The van der Waals surface area contributed by atoms with E-state index in [0.717, 1.165) is 0 Å². The van der Waals surface area contributed by atoms with Crippen molar-refractivity contribution in [1.82, 2.24) is 9.78 Å². The molecule has 3 aromatic rings. The molecule has 9 heteroatoms. The molecule has 0 amide bonds. The molecule has 0 fully saturated rings. The van der Waals surface area contributed by atoms with Gasteiger partial charge in [-0.2, -0.15) is 5.10 Å². The summed E-state index contributed by atoms with van der Waals surface area (Å²) >= 11 is -2.54. The summed E-state index contributed by atoms with van der Waals surface area (Å²) in [5, 5.41) is 3.75. The smallest absolute Gasteiger partial charge is 0.198 e. The Balaban J connectivity index is 1.94. The molecule has 0 saturated heterocycles. The van der Waals surface area contributed by atoms with Crippen LogP contribution in [0.4, 0.5) is 10.2 Å². The van der Waals surface area contributed by atoms with Crippen LogP contribution in [0.25, 0.3) is 11.8 Å². The Morgan fingerprint density at radius 3 is 2.59 bits per heavy atom. The maximum absolute atomic E-state index is 13.1. The van der Waals surface area contributed by atoms with E-state index in [9.17, 15) is 17.9 Å². The molecule has 0 saturated carbocycles. The molecule has 0 aliphatic rings. The van der Waals surface area contributed by atoms with Gasteiger partial charge in [-0.3, -0.25) is 9.00 Å². The Kier molecular flexibility index (Phi) is 5.15. The first kappa shape index (κ1) is 18.5. The van der Waals surface area contributed by atoms with Crippen molar-refractivity contribution in [2.75, 3.05) is 5.73 Å². The number of hydrogen-bond acceptors (Lipinski definition) is 6. The van der Waals surface area contributed by atoms with Gasteiger partial charge in [-0.05, 0) is 53.1 Å². The topological polar surface area (TPSA) is 127 Å². The molecule has 2 aromatic carbocycles. The number of rotatable bonds is 5. The van der Waals surface area contributed by atoms with E-state index in [0.29, 0.717) is 16.8 Å². The van der Waals surface area contributed by atoms with Crippen molar-refractivity contribution in [3.8, 4) is 5.69 Å². The molecule has 7 nitrogen and oxygen atoms in total. The summed E-state index contributed by atoms with van der Waals surface area (Å²) in [6, 6.07) is 11.8. The summed E-state index contributed by atoms with van der Waals surface area (Å²) in [6.45, 7) is 0. The van der Waals surface area contributed by atoms with Crippen LogP contribution in [-0.4, -0.2) is 24.3 Å². The minimum absolute atomic E-state index is 0.104. The molecule has 0 spiro atoms. The number of halogens is 1. The van der Waals surface area contributed by atoms with Crippen molar-refractivity contribution in [2.45, 2.75) is 0 Å². The summed E-state index contributed by atoms with van der Waals surface area (Å²) in [5.41, 5.74) is 12.9. The van der Waals surface area contributed by atoms with Crippen LogP contribution in [0.5, 0.6) is 0 Å². The number of anilines is 1. The van der Waals surface area contributed by atoms with Crippen molar-refractivity contribution in [3.63, 3.8) is 0 Å². The third kappa shape index (κ3) is 3.94. The average Bonchev–Trinajstić information content (AvgIpc) is 3.03. The lowest BCUT2D eigenvalue weighted by Gasteiger charge is -2.07. The van der Waals surface area contributed by atoms with E-state index in [-0.39, 0.29) is 16.4 Å². The number of ketones is 1. The monoisotopic (exact) mass is 385 g/mol. The van der Waals surface area contributed by atoms with Gasteiger partial charge >= 0.3 is 0 Å². The van der Waals surface area contributed by atoms with E-state index in [1.54, 1.807) is 18.2 Å². The fraction of sp³-hybridized carbons (Fsp3) is 0. The third-order valence-corrected chi connectivity index (χ3v) is 4.28. The number of nitrogens with zero attached hydrogens (tertiary/aromatic N) is 2. The molecule has 1 heterocycles. The zero-order valence-corrected chi connectivity index (χ0v) is 14.7. The van der Waals surface area contributed by atoms with Crippen LogP contribution in [0.15, 0.2) is 59.8 Å². The minimum atomic E-state index is -2.54. The van der Waals surface area contributed by atoms with E-state index in [4.69, 9.17) is 11.5 Å². The van der Waals surface area contributed by atoms with E-state index in [1.807, 2.05) is 0 Å². The van der Waals surface area contributed by atoms with Crippen LogP contribution >= 0.6 is 0 Å². The highest BCUT2D eigenvalue weighted by Crippen LogP contribution is 2.21. The molecule has 4 N–H and O–H groups in total. The summed E-state index contributed by atoms with van der Waals surface area (Å²) in [5.74, 6) is -0.686. The summed E-state index contributed by atoms with van der Waals surface area (Å²) in [4.78, 5) is 12.8. The summed E-state index contributed by atoms with van der Waals surface area (Å²) in [7, 11) is 0. The number of carbonyl (C=O) groups is 1. The second kappa shape index (κ2) is 7.52. The van der Waals surface area contributed by atoms with E-state index >= 15 is 0 Å². The number of hydrogen-bond donors (Lipinski definition) is 2. The Hall–Kier alpha value is -3.30. The Bertz CT molecular complexity index is 1060. The fourth-order valence-electron chi connectivity index (χ4n) is 2.46. The SMILES string of the molecule is NC(=Cc1cccc(C(=O)c2cnn(-c3ccc(F)cc3)c2N)c1)S(=O)[O-]. The lowest BCUT2D eigenvalue weighted by Crippen LogP contribution is -2.07. The van der Waals surface area contributed by atoms with Crippen molar-refractivity contribution in [1.29, 1.82) is 0 Å². The van der Waals surface area contributed by atoms with E-state index in [1.165, 1.54) is 47.3 Å². The largest absolute Gasteiger partial charge is 0.767 e. The van der Waals surface area contributed by atoms with Gasteiger partial charge in [-0.15, -0.1) is 0 Å². The van der Waals surface area contributed by atoms with Gasteiger partial charge in [0.25, 0.3) is 0 Å². The Morgan fingerprint density at radius 2 is 1.93 bits per heavy atom. The lowest BCUT2D eigenvalue weighted by molar-refractivity contribution is 0.103. The molecule has 1 aromatic heterocycles. The normalized spacial score (nSPS) is 12.7. The molecular weight excluding hydrogens is 371 g/mol. The van der Waals surface area contributed by atoms with Crippen LogP contribution in [0, 0.1) is 5.82 Å². The Labute approximate surface area is 156 Å². The van der Waals surface area contributed by atoms with Gasteiger partial charge in [-0.25, -0.2) is 9.07 Å². The third-order valence-electron chi connectivity index (χ3n) is 3.77. The van der Waals surface area contributed by atoms with Crippen LogP contribution in [-0.2, 0) is 11.1 Å². The first-order valence-corrected chi connectivity index (χ1v) is 8.75. The number of nitrogen functional groups attached to an aromatic ring is 1. The Morgan fingerprint density at radius 1 is 1.22 bits per heavy atom. The van der Waals surface area contributed by atoms with Crippen LogP contribution < -0.4 is 11.5 Å². The number of carbonyl (C=O) groups excluding carboxylic acids is 1. The predicted octanol–water partition coefficient (Wildman–Crippen LogP) is 1.96. The number of nitrogens with two attached hydrogens (primary N) is 2. The molecule has 27 heavy (non-hydrogen) atoms. The van der Waals surface area contributed by atoms with Crippen LogP contribution in [0.3, 0.4) is 0 Å². The minimum Gasteiger partial charge on any atom is -0.767 e. The maximum atomic E-state index is 13.1. The van der Waals surface area contributed by atoms with Crippen LogP contribution in [0.2, 0.25) is 0 Å². The number of aromatic nitrogens is 2. The van der Waals surface area contributed by atoms with Crippen molar-refractivity contribution in [3.05, 3.63) is 82.3 Å². The summed E-state index contributed by atoms with van der Waals surface area (Å²) < 4.78 is 36.1. The first-order chi connectivity index (χ1) is 12.9. The van der Waals surface area contributed by atoms with Gasteiger partial charge in [0.15, 0.2) is 5.78 Å². The molecule has 138 valence electrons. The highest BCUT2D eigenvalue weighted by Gasteiger charge is 2.18. The highest BCUT2D eigenvalue weighted by molar-refractivity contribution is 7.83. The second-order valence-electron chi connectivity index (χ2n) is 5.57. The van der Waals surface area contributed by atoms with Gasteiger partial charge < -0.3 is 16.0 Å². The van der Waals surface area contributed by atoms with Crippen molar-refractivity contribution >= 4 is 28.8 Å². The zero-order valence-electron chi connectivity index (χ0n) is 13.8. The standard InChI is InChI=1S/C18H15FN4O3S/c19-13-4-6-14(7-5-13)23-18(21)15(10-22-23)17(24)12-3-1-2-11(8-12)9-16(20)27(25)26/h1-10H,20-21H2,(H,25,26)/p-1. The van der Waals surface area contributed by atoms with Crippen LogP contribution in [0.1, 0.15) is 21.5 Å². The van der Waals surface area contributed by atoms with Gasteiger partial charge in [0.05, 0.1) is 22.5 Å². The van der Waals surface area contributed by atoms with Gasteiger partial charge in [-0.1, -0.05) is 18.2 Å². The fourth-order valence-corrected chi connectivity index (χ4v) is 2.69. The quantitative estimate of drug-likeness (QED) is 0.510. The molecule has 1 unspecified atom stereocenters. The molecule has 0 aliphatic heterocycles. The molecule has 0 bridgehead atoms. The van der Waals surface area contributed by atoms with E-state index < -0.39 is 22.7 Å². The maximum Gasteiger partial charge on any atom is 0.198 e. The highest BCUT2D eigenvalue weighted by atomic mass is 32.2. The summed E-state index contributed by atoms with van der Waals surface area (Å²) in [6.07, 6.45) is 2.57. The van der Waals surface area contributed by atoms with Gasteiger partial charge in [0.2, 0.25) is 0 Å². The van der Waals surface area contributed by atoms with Crippen molar-refractivity contribution in [2.24, 2.45) is 5.73 Å². The predicted molar refractivity (Wildman–Crippen MR) is 98.9 cm³/mol. The second-order valence-corrected chi connectivity index (χ2v) is 6.51. The lowest BCUT2D eigenvalue weighted by atomic mass is 10.0. The van der Waals surface area contributed by atoms with Gasteiger partial charge in [0, 0.05) is 5.56 Å². The first-order valence-electron chi connectivity index (χ1n) is 7.67. The average molecular weight is 385 g/mol. The van der Waals surface area contributed by atoms with Crippen molar-refractivity contribution < 1.29 is 17.9 Å². The number of benzene rings is 2. The van der Waals surface area contributed by atoms with E-state index in [2.05, 4.69) is 5.10 Å². The molecule has 1 atom stereocenters. The molecule has 0 radical (unpaired) electrons. The molecular formula is C18H14FN4O3S-. The van der Waals surface area contributed by atoms with Gasteiger partial charge in [0.1, 0.15) is 11.6 Å². The molecule has 0 aliphatic carbocycles. The zero-order chi connectivity index (χ0) is 19.6.